The van der Waals surface area contributed by atoms with Gasteiger partial charge in [0.25, 0.3) is 6.17 Å². The van der Waals surface area contributed by atoms with Gasteiger partial charge in [-0.3, -0.25) is 15.4 Å². The number of esters is 1. The molecule has 2 rings (SSSR count). The summed E-state index contributed by atoms with van der Waals surface area (Å²) in [5.74, 6) is -0.414. The summed E-state index contributed by atoms with van der Waals surface area (Å²) in [6, 6.07) is 6.91. The Balaban J connectivity index is 2.17. The SMILES string of the molecule is COC(=O)c1cccc(N2CCNC([N+](=O)[O-])C2)c1. The highest BCUT2D eigenvalue weighted by Crippen LogP contribution is 2.18. The Kier molecular flexibility index (Phi) is 3.96. The minimum Gasteiger partial charge on any atom is -0.465 e. The number of ether oxygens (including phenoxy) is 1. The van der Waals surface area contributed by atoms with Crippen LogP contribution in [-0.4, -0.2) is 43.8 Å². The van der Waals surface area contributed by atoms with Crippen molar-refractivity contribution in [3.05, 3.63) is 39.9 Å². The number of carbonyl (C=O) groups is 1. The van der Waals surface area contributed by atoms with Crippen LogP contribution in [0.5, 0.6) is 0 Å². The summed E-state index contributed by atoms with van der Waals surface area (Å²) >= 11 is 0. The van der Waals surface area contributed by atoms with E-state index in [0.29, 0.717) is 18.7 Å². The summed E-state index contributed by atoms with van der Waals surface area (Å²) in [6.07, 6.45) is -0.782. The molecule has 1 saturated heterocycles. The summed E-state index contributed by atoms with van der Waals surface area (Å²) in [7, 11) is 1.32. The fraction of sp³-hybridized carbons (Fsp3) is 0.417. The molecule has 0 aliphatic carbocycles. The van der Waals surface area contributed by atoms with Gasteiger partial charge in [0, 0.05) is 23.7 Å². The molecule has 0 amide bonds. The number of nitro groups is 1. The Morgan fingerprint density at radius 3 is 3.05 bits per heavy atom. The van der Waals surface area contributed by atoms with Crippen LogP contribution in [0.3, 0.4) is 0 Å². The first-order valence-corrected chi connectivity index (χ1v) is 5.92. The molecule has 7 nitrogen and oxygen atoms in total. The molecular weight excluding hydrogens is 250 g/mol. The van der Waals surface area contributed by atoms with Gasteiger partial charge in [0.1, 0.15) is 6.54 Å². The normalized spacial score (nSPS) is 19.0. The largest absolute Gasteiger partial charge is 0.465 e. The molecule has 1 N–H and O–H groups in total. The van der Waals surface area contributed by atoms with E-state index in [9.17, 15) is 14.9 Å². The summed E-state index contributed by atoms with van der Waals surface area (Å²) < 4.78 is 4.66. The number of hydrogen-bond donors (Lipinski definition) is 1. The zero-order chi connectivity index (χ0) is 13.8. The summed E-state index contributed by atoms with van der Waals surface area (Å²) in [4.78, 5) is 23.8. The highest BCUT2D eigenvalue weighted by molar-refractivity contribution is 5.90. The molecule has 1 heterocycles. The van der Waals surface area contributed by atoms with Crippen molar-refractivity contribution >= 4 is 11.7 Å². The minimum absolute atomic E-state index is 0.275. The van der Waals surface area contributed by atoms with E-state index in [0.717, 1.165) is 5.69 Å². The van der Waals surface area contributed by atoms with Crippen molar-refractivity contribution < 1.29 is 14.5 Å². The molecule has 1 aliphatic rings. The van der Waals surface area contributed by atoms with Crippen LogP contribution in [0.15, 0.2) is 24.3 Å². The maximum atomic E-state index is 11.5. The van der Waals surface area contributed by atoms with Gasteiger partial charge in [-0.05, 0) is 18.2 Å². The molecule has 1 aromatic rings. The smallest absolute Gasteiger partial charge is 0.337 e. The molecule has 0 spiro atoms. The fourth-order valence-electron chi connectivity index (χ4n) is 2.05. The molecule has 1 aromatic carbocycles. The Morgan fingerprint density at radius 1 is 1.58 bits per heavy atom. The molecule has 0 aromatic heterocycles. The van der Waals surface area contributed by atoms with Gasteiger partial charge in [0.2, 0.25) is 0 Å². The zero-order valence-corrected chi connectivity index (χ0v) is 10.5. The van der Waals surface area contributed by atoms with Crippen LogP contribution < -0.4 is 10.2 Å². The predicted octanol–water partition coefficient (Wildman–Crippen LogP) is 0.486. The van der Waals surface area contributed by atoms with Crippen molar-refractivity contribution in [3.8, 4) is 0 Å². The number of anilines is 1. The molecule has 19 heavy (non-hydrogen) atoms. The minimum atomic E-state index is -0.782. The first-order chi connectivity index (χ1) is 9.11. The lowest BCUT2D eigenvalue weighted by atomic mass is 10.1. The van der Waals surface area contributed by atoms with Gasteiger partial charge in [0.15, 0.2) is 0 Å². The van der Waals surface area contributed by atoms with Crippen LogP contribution in [0.2, 0.25) is 0 Å². The summed E-state index contributed by atoms with van der Waals surface area (Å²) in [5, 5.41) is 13.6. The van der Waals surface area contributed by atoms with E-state index < -0.39 is 12.1 Å². The van der Waals surface area contributed by atoms with Crippen molar-refractivity contribution in [1.82, 2.24) is 5.32 Å². The maximum absolute atomic E-state index is 11.5. The number of nitrogens with one attached hydrogen (secondary N) is 1. The monoisotopic (exact) mass is 265 g/mol. The van der Waals surface area contributed by atoms with E-state index in [2.05, 4.69) is 10.1 Å². The molecule has 0 bridgehead atoms. The van der Waals surface area contributed by atoms with Gasteiger partial charge < -0.3 is 9.64 Å². The van der Waals surface area contributed by atoms with E-state index in [1.807, 2.05) is 11.0 Å². The van der Waals surface area contributed by atoms with Crippen molar-refractivity contribution in [1.29, 1.82) is 0 Å². The lowest BCUT2D eigenvalue weighted by Gasteiger charge is -2.31. The van der Waals surface area contributed by atoms with E-state index in [-0.39, 0.29) is 11.5 Å². The van der Waals surface area contributed by atoms with Gasteiger partial charge in [0.05, 0.1) is 12.7 Å². The highest BCUT2D eigenvalue weighted by Gasteiger charge is 2.27. The number of piperazine rings is 1. The Labute approximate surface area is 110 Å². The van der Waals surface area contributed by atoms with Gasteiger partial charge in [-0.15, -0.1) is 0 Å². The number of rotatable bonds is 3. The number of hydrogen-bond acceptors (Lipinski definition) is 6. The molecule has 1 fully saturated rings. The molecule has 1 aliphatic heterocycles. The molecule has 102 valence electrons. The number of methoxy groups -OCH3 is 1. The van der Waals surface area contributed by atoms with E-state index in [4.69, 9.17) is 0 Å². The third-order valence-electron chi connectivity index (χ3n) is 3.04. The number of carbonyl (C=O) groups excluding carboxylic acids is 1. The molecule has 0 radical (unpaired) electrons. The lowest BCUT2D eigenvalue weighted by Crippen LogP contribution is -2.54. The van der Waals surface area contributed by atoms with Crippen molar-refractivity contribution in [2.45, 2.75) is 6.17 Å². The van der Waals surface area contributed by atoms with Gasteiger partial charge in [-0.25, -0.2) is 4.79 Å². The van der Waals surface area contributed by atoms with Gasteiger partial charge in [-0.1, -0.05) is 6.07 Å². The van der Waals surface area contributed by atoms with Crippen LogP contribution in [0.4, 0.5) is 5.69 Å². The second-order valence-corrected chi connectivity index (χ2v) is 4.24. The average molecular weight is 265 g/mol. The third-order valence-corrected chi connectivity index (χ3v) is 3.04. The van der Waals surface area contributed by atoms with Gasteiger partial charge in [-0.2, -0.15) is 0 Å². The highest BCUT2D eigenvalue weighted by atomic mass is 16.6. The average Bonchev–Trinajstić information content (AvgIpc) is 2.46. The molecule has 0 saturated carbocycles. The van der Waals surface area contributed by atoms with Crippen LogP contribution in [-0.2, 0) is 4.74 Å². The zero-order valence-electron chi connectivity index (χ0n) is 10.5. The Morgan fingerprint density at radius 2 is 2.37 bits per heavy atom. The molecule has 1 unspecified atom stereocenters. The Bertz CT molecular complexity index is 492. The van der Waals surface area contributed by atoms with Crippen molar-refractivity contribution in [2.75, 3.05) is 31.6 Å². The van der Waals surface area contributed by atoms with Crippen LogP contribution in [0.25, 0.3) is 0 Å². The van der Waals surface area contributed by atoms with Crippen molar-refractivity contribution in [2.24, 2.45) is 0 Å². The second-order valence-electron chi connectivity index (χ2n) is 4.24. The van der Waals surface area contributed by atoms with Crippen molar-refractivity contribution in [3.63, 3.8) is 0 Å². The third kappa shape index (κ3) is 3.00. The summed E-state index contributed by atoms with van der Waals surface area (Å²) in [6.45, 7) is 1.47. The maximum Gasteiger partial charge on any atom is 0.337 e. The quantitative estimate of drug-likeness (QED) is 0.486. The topological polar surface area (TPSA) is 84.7 Å². The van der Waals surface area contributed by atoms with Crippen LogP contribution in [0.1, 0.15) is 10.4 Å². The van der Waals surface area contributed by atoms with Crippen LogP contribution >= 0.6 is 0 Å². The fourth-order valence-corrected chi connectivity index (χ4v) is 2.05. The Hall–Kier alpha value is -2.15. The number of nitrogens with zero attached hydrogens (tertiary/aromatic N) is 2. The van der Waals surface area contributed by atoms with E-state index in [1.165, 1.54) is 7.11 Å². The molecule has 1 atom stereocenters. The van der Waals surface area contributed by atoms with Gasteiger partial charge >= 0.3 is 5.97 Å². The standard InChI is InChI=1S/C12H15N3O4/c1-19-12(16)9-3-2-4-10(7-9)14-6-5-13-11(8-14)15(17)18/h2-4,7,11,13H,5-6,8H2,1H3. The first-order valence-electron chi connectivity index (χ1n) is 5.92. The molecule has 7 heteroatoms. The lowest BCUT2D eigenvalue weighted by molar-refractivity contribution is -0.527. The van der Waals surface area contributed by atoms with Crippen LogP contribution in [0, 0.1) is 10.1 Å². The predicted molar refractivity (Wildman–Crippen MR) is 68.8 cm³/mol. The first kappa shape index (κ1) is 13.3. The number of benzene rings is 1. The van der Waals surface area contributed by atoms with E-state index >= 15 is 0 Å². The summed E-state index contributed by atoms with van der Waals surface area (Å²) in [5.41, 5.74) is 1.23. The van der Waals surface area contributed by atoms with E-state index in [1.54, 1.807) is 18.2 Å². The second kappa shape index (κ2) is 5.66. The molecular formula is C12H15N3O4.